The molecule has 0 aliphatic carbocycles. The number of carbonyl (C=O) groups excluding carboxylic acids is 1. The summed E-state index contributed by atoms with van der Waals surface area (Å²) in [6.45, 7) is 0.305. The Bertz CT molecular complexity index is 821. The number of hydrogen-bond acceptors (Lipinski definition) is 3. The van der Waals surface area contributed by atoms with Crippen LogP contribution in [0.25, 0.3) is 0 Å². The Hall–Kier alpha value is -1.76. The van der Waals surface area contributed by atoms with Gasteiger partial charge < -0.3 is 5.32 Å². The van der Waals surface area contributed by atoms with E-state index >= 15 is 0 Å². The largest absolute Gasteiger partial charge is 0.348 e. The summed E-state index contributed by atoms with van der Waals surface area (Å²) in [6, 6.07) is 11.2. The molecule has 1 amide bonds. The molecule has 0 saturated heterocycles. The highest BCUT2D eigenvalue weighted by Crippen LogP contribution is 2.22. The number of rotatable bonds is 5. The molecular weight excluding hydrogens is 359 g/mol. The molecule has 0 fully saturated rings. The van der Waals surface area contributed by atoms with Gasteiger partial charge in [0.15, 0.2) is 0 Å². The highest BCUT2D eigenvalue weighted by molar-refractivity contribution is 7.92. The van der Waals surface area contributed by atoms with E-state index in [-0.39, 0.29) is 5.91 Å². The van der Waals surface area contributed by atoms with E-state index in [1.807, 2.05) is 0 Å². The number of sulfonamides is 1. The lowest BCUT2D eigenvalue weighted by molar-refractivity contribution is 0.0951. The minimum absolute atomic E-state index is 0.276. The third-order valence-electron chi connectivity index (χ3n) is 2.89. The predicted octanol–water partition coefficient (Wildman–Crippen LogP) is 3.29. The average molecular weight is 373 g/mol. The van der Waals surface area contributed by atoms with Crippen LogP contribution in [0.2, 0.25) is 10.0 Å². The first-order valence-corrected chi connectivity index (χ1v) is 9.19. The second-order valence-corrected chi connectivity index (χ2v) is 7.45. The number of halogens is 2. The van der Waals surface area contributed by atoms with Crippen LogP contribution in [0.15, 0.2) is 42.5 Å². The highest BCUT2D eigenvalue weighted by Gasteiger charge is 2.07. The molecule has 0 aromatic heterocycles. The van der Waals surface area contributed by atoms with E-state index < -0.39 is 10.0 Å². The van der Waals surface area contributed by atoms with Crippen molar-refractivity contribution < 1.29 is 13.2 Å². The molecule has 0 radical (unpaired) electrons. The molecule has 23 heavy (non-hydrogen) atoms. The first-order valence-electron chi connectivity index (χ1n) is 6.54. The van der Waals surface area contributed by atoms with Crippen molar-refractivity contribution in [1.82, 2.24) is 5.32 Å². The molecule has 0 unspecified atom stereocenters. The zero-order valence-electron chi connectivity index (χ0n) is 12.1. The minimum atomic E-state index is -3.34. The lowest BCUT2D eigenvalue weighted by Crippen LogP contribution is -2.22. The molecule has 0 saturated carbocycles. The van der Waals surface area contributed by atoms with Gasteiger partial charge in [0.05, 0.1) is 16.3 Å². The summed E-state index contributed by atoms with van der Waals surface area (Å²) in [7, 11) is -3.34. The molecule has 2 rings (SSSR count). The van der Waals surface area contributed by atoms with Crippen molar-refractivity contribution in [3.8, 4) is 0 Å². The average Bonchev–Trinajstić information content (AvgIpc) is 2.47. The van der Waals surface area contributed by atoms with E-state index in [0.29, 0.717) is 27.8 Å². The minimum Gasteiger partial charge on any atom is -0.348 e. The number of hydrogen-bond donors (Lipinski definition) is 2. The zero-order chi connectivity index (χ0) is 17.0. The van der Waals surface area contributed by atoms with Crippen LogP contribution in [0, 0.1) is 0 Å². The normalized spacial score (nSPS) is 11.1. The second-order valence-electron chi connectivity index (χ2n) is 4.88. The molecule has 2 N–H and O–H groups in total. The SMILES string of the molecule is CS(=O)(=O)Nc1ccc(C(=O)NCc2ccc(Cl)c(Cl)c2)cc1. The van der Waals surface area contributed by atoms with E-state index in [2.05, 4.69) is 10.0 Å². The van der Waals surface area contributed by atoms with Gasteiger partial charge in [0, 0.05) is 17.8 Å². The fourth-order valence-electron chi connectivity index (χ4n) is 1.84. The fourth-order valence-corrected chi connectivity index (χ4v) is 2.72. The van der Waals surface area contributed by atoms with Crippen molar-refractivity contribution >= 4 is 44.8 Å². The van der Waals surface area contributed by atoms with Gasteiger partial charge in [0.2, 0.25) is 10.0 Å². The molecule has 5 nitrogen and oxygen atoms in total. The summed E-state index contributed by atoms with van der Waals surface area (Å²) < 4.78 is 24.6. The second kappa shape index (κ2) is 7.21. The smallest absolute Gasteiger partial charge is 0.251 e. The molecule has 0 spiro atoms. The fraction of sp³-hybridized carbons (Fsp3) is 0.133. The number of benzene rings is 2. The van der Waals surface area contributed by atoms with Crippen molar-refractivity contribution in [3.05, 3.63) is 63.6 Å². The Labute approximate surface area is 144 Å². The maximum Gasteiger partial charge on any atom is 0.251 e. The highest BCUT2D eigenvalue weighted by atomic mass is 35.5. The molecule has 2 aromatic rings. The molecule has 0 aliphatic heterocycles. The van der Waals surface area contributed by atoms with Crippen LogP contribution in [-0.4, -0.2) is 20.6 Å². The maximum atomic E-state index is 12.1. The molecule has 8 heteroatoms. The van der Waals surface area contributed by atoms with Crippen LogP contribution in [0.3, 0.4) is 0 Å². The summed E-state index contributed by atoms with van der Waals surface area (Å²) in [5.41, 5.74) is 1.64. The van der Waals surface area contributed by atoms with Crippen molar-refractivity contribution in [2.24, 2.45) is 0 Å². The standard InChI is InChI=1S/C15H14Cl2N2O3S/c1-23(21,22)19-12-5-3-11(4-6-12)15(20)18-9-10-2-7-13(16)14(17)8-10/h2-8,19H,9H2,1H3,(H,18,20). The van der Waals surface area contributed by atoms with Gasteiger partial charge in [-0.05, 0) is 42.0 Å². The van der Waals surface area contributed by atoms with E-state index in [1.54, 1.807) is 18.2 Å². The number of amides is 1. The molecule has 122 valence electrons. The van der Waals surface area contributed by atoms with Crippen molar-refractivity contribution in [2.75, 3.05) is 11.0 Å². The molecule has 0 atom stereocenters. The summed E-state index contributed by atoms with van der Waals surface area (Å²) >= 11 is 11.7. The van der Waals surface area contributed by atoms with Gasteiger partial charge in [-0.3, -0.25) is 9.52 Å². The van der Waals surface area contributed by atoms with Gasteiger partial charge in [0.25, 0.3) is 5.91 Å². The first kappa shape index (κ1) is 17.6. The molecule has 2 aromatic carbocycles. The predicted molar refractivity (Wildman–Crippen MR) is 92.5 cm³/mol. The summed E-state index contributed by atoms with van der Waals surface area (Å²) in [6.07, 6.45) is 1.06. The van der Waals surface area contributed by atoms with Gasteiger partial charge in [-0.1, -0.05) is 29.3 Å². The van der Waals surface area contributed by atoms with Crippen LogP contribution in [-0.2, 0) is 16.6 Å². The number of carbonyl (C=O) groups is 1. The van der Waals surface area contributed by atoms with Crippen molar-refractivity contribution in [1.29, 1.82) is 0 Å². The Balaban J connectivity index is 1.99. The van der Waals surface area contributed by atoms with Gasteiger partial charge in [-0.2, -0.15) is 0 Å². The van der Waals surface area contributed by atoms with Crippen molar-refractivity contribution in [2.45, 2.75) is 6.54 Å². The quantitative estimate of drug-likeness (QED) is 0.845. The van der Waals surface area contributed by atoms with Gasteiger partial charge in [-0.25, -0.2) is 8.42 Å². The zero-order valence-corrected chi connectivity index (χ0v) is 14.5. The lowest BCUT2D eigenvalue weighted by atomic mass is 10.2. The van der Waals surface area contributed by atoms with Crippen LogP contribution in [0.4, 0.5) is 5.69 Å². The third kappa shape index (κ3) is 5.42. The monoisotopic (exact) mass is 372 g/mol. The maximum absolute atomic E-state index is 12.1. The Morgan fingerprint density at radius 1 is 1.04 bits per heavy atom. The van der Waals surface area contributed by atoms with Crippen LogP contribution >= 0.6 is 23.2 Å². The Morgan fingerprint density at radius 3 is 2.26 bits per heavy atom. The first-order chi connectivity index (χ1) is 10.7. The molecular formula is C15H14Cl2N2O3S. The summed E-state index contributed by atoms with van der Waals surface area (Å²) in [5, 5.41) is 3.63. The third-order valence-corrected chi connectivity index (χ3v) is 4.23. The van der Waals surface area contributed by atoms with Gasteiger partial charge >= 0.3 is 0 Å². The molecule has 0 bridgehead atoms. The van der Waals surface area contributed by atoms with E-state index in [0.717, 1.165) is 11.8 Å². The van der Waals surface area contributed by atoms with Gasteiger partial charge in [0.1, 0.15) is 0 Å². The Kier molecular flexibility index (Phi) is 5.51. The van der Waals surface area contributed by atoms with E-state index in [9.17, 15) is 13.2 Å². The van der Waals surface area contributed by atoms with Crippen LogP contribution < -0.4 is 10.0 Å². The number of nitrogens with one attached hydrogen (secondary N) is 2. The van der Waals surface area contributed by atoms with E-state index in [1.165, 1.54) is 24.3 Å². The molecule has 0 aliphatic rings. The molecule has 0 heterocycles. The summed E-state index contributed by atoms with van der Waals surface area (Å²) in [5.74, 6) is -0.276. The van der Waals surface area contributed by atoms with Crippen LogP contribution in [0.5, 0.6) is 0 Å². The Morgan fingerprint density at radius 2 is 1.70 bits per heavy atom. The summed E-state index contributed by atoms with van der Waals surface area (Å²) in [4.78, 5) is 12.1. The van der Waals surface area contributed by atoms with Crippen molar-refractivity contribution in [3.63, 3.8) is 0 Å². The lowest BCUT2D eigenvalue weighted by Gasteiger charge is -2.08. The van der Waals surface area contributed by atoms with Gasteiger partial charge in [-0.15, -0.1) is 0 Å². The van der Waals surface area contributed by atoms with E-state index in [4.69, 9.17) is 23.2 Å². The van der Waals surface area contributed by atoms with Crippen LogP contribution in [0.1, 0.15) is 15.9 Å². The number of anilines is 1. The topological polar surface area (TPSA) is 75.3 Å².